The molecule has 2 heteroatoms. The van der Waals surface area contributed by atoms with E-state index >= 15 is 0 Å². The fourth-order valence-electron chi connectivity index (χ4n) is 4.37. The first kappa shape index (κ1) is 12.7. The Morgan fingerprint density at radius 1 is 1.44 bits per heavy atom. The minimum atomic E-state index is 0.626. The zero-order valence-corrected chi connectivity index (χ0v) is 12.3. The van der Waals surface area contributed by atoms with Crippen LogP contribution in [0.4, 0.5) is 0 Å². The third kappa shape index (κ3) is 2.37. The zero-order chi connectivity index (χ0) is 12.4. The third-order valence-corrected chi connectivity index (χ3v) is 6.05. The van der Waals surface area contributed by atoms with Gasteiger partial charge in [-0.05, 0) is 78.3 Å². The van der Waals surface area contributed by atoms with Crippen LogP contribution >= 0.6 is 11.3 Å². The van der Waals surface area contributed by atoms with Crippen molar-refractivity contribution in [3.63, 3.8) is 0 Å². The Morgan fingerprint density at radius 2 is 2.39 bits per heavy atom. The molecule has 1 N–H and O–H groups in total. The first-order chi connectivity index (χ1) is 8.82. The molecule has 3 atom stereocenters. The highest BCUT2D eigenvalue weighted by molar-refractivity contribution is 7.07. The molecule has 2 aliphatic carbocycles. The zero-order valence-electron chi connectivity index (χ0n) is 11.5. The van der Waals surface area contributed by atoms with Gasteiger partial charge >= 0.3 is 0 Å². The van der Waals surface area contributed by atoms with Gasteiger partial charge in [0.2, 0.25) is 0 Å². The molecular weight excluding hydrogens is 238 g/mol. The molecule has 3 unspecified atom stereocenters. The second-order valence-corrected chi connectivity index (χ2v) is 7.13. The highest BCUT2D eigenvalue weighted by Gasteiger charge is 2.49. The van der Waals surface area contributed by atoms with Gasteiger partial charge in [-0.3, -0.25) is 0 Å². The first-order valence-electron chi connectivity index (χ1n) is 7.54. The molecule has 0 aromatic carbocycles. The summed E-state index contributed by atoms with van der Waals surface area (Å²) in [5.74, 6) is 2.07. The van der Waals surface area contributed by atoms with E-state index in [1.165, 1.54) is 45.1 Å². The van der Waals surface area contributed by atoms with Crippen molar-refractivity contribution >= 4 is 11.3 Å². The molecule has 2 bridgehead atoms. The van der Waals surface area contributed by atoms with E-state index < -0.39 is 0 Å². The maximum Gasteiger partial charge on any atom is 0.00106 e. The van der Waals surface area contributed by atoms with Gasteiger partial charge in [0.05, 0.1) is 0 Å². The molecule has 100 valence electrons. The van der Waals surface area contributed by atoms with E-state index in [0.717, 1.165) is 18.4 Å². The van der Waals surface area contributed by atoms with E-state index in [0.29, 0.717) is 5.41 Å². The highest BCUT2D eigenvalue weighted by Crippen LogP contribution is 2.57. The predicted octanol–water partition coefficient (Wildman–Crippen LogP) is 4.10. The van der Waals surface area contributed by atoms with Crippen molar-refractivity contribution in [2.24, 2.45) is 17.3 Å². The van der Waals surface area contributed by atoms with Crippen molar-refractivity contribution in [3.8, 4) is 0 Å². The molecule has 2 fully saturated rings. The molecule has 0 spiro atoms. The van der Waals surface area contributed by atoms with Crippen LogP contribution in [0.5, 0.6) is 0 Å². The number of fused-ring (bicyclic) bond motifs is 2. The maximum atomic E-state index is 3.65. The standard InChI is InChI=1S/C16H25NS/c1-2-17-12-16(7-5-13-6-8-18-11-13)10-14-3-4-15(16)9-14/h6,8,11,14-15,17H,2-5,7,9-10,12H2,1H3. The van der Waals surface area contributed by atoms with Crippen LogP contribution in [-0.4, -0.2) is 13.1 Å². The predicted molar refractivity (Wildman–Crippen MR) is 79.1 cm³/mol. The normalized spacial score (nSPS) is 34.3. The average Bonchev–Trinajstić information content (AvgIpc) is 3.10. The minimum Gasteiger partial charge on any atom is -0.316 e. The molecule has 18 heavy (non-hydrogen) atoms. The van der Waals surface area contributed by atoms with Crippen molar-refractivity contribution in [2.45, 2.75) is 45.4 Å². The Morgan fingerprint density at radius 3 is 3.00 bits per heavy atom. The molecule has 2 aliphatic rings. The van der Waals surface area contributed by atoms with Crippen LogP contribution in [0.2, 0.25) is 0 Å². The summed E-state index contributed by atoms with van der Waals surface area (Å²) in [5, 5.41) is 8.19. The van der Waals surface area contributed by atoms with Crippen LogP contribution in [0.15, 0.2) is 16.8 Å². The van der Waals surface area contributed by atoms with E-state index in [-0.39, 0.29) is 0 Å². The molecule has 0 aliphatic heterocycles. The summed E-state index contributed by atoms with van der Waals surface area (Å²) < 4.78 is 0. The Labute approximate surface area is 115 Å². The van der Waals surface area contributed by atoms with Crippen molar-refractivity contribution < 1.29 is 0 Å². The lowest BCUT2D eigenvalue weighted by Crippen LogP contribution is -2.39. The Hall–Kier alpha value is -0.340. The molecule has 1 aromatic heterocycles. The van der Waals surface area contributed by atoms with Gasteiger partial charge in [-0.15, -0.1) is 0 Å². The summed E-state index contributed by atoms with van der Waals surface area (Å²) in [6.07, 6.45) is 8.72. The highest BCUT2D eigenvalue weighted by atomic mass is 32.1. The molecule has 0 radical (unpaired) electrons. The fourth-order valence-corrected chi connectivity index (χ4v) is 5.07. The maximum absolute atomic E-state index is 3.65. The summed E-state index contributed by atoms with van der Waals surface area (Å²) in [7, 11) is 0. The summed E-state index contributed by atoms with van der Waals surface area (Å²) in [6, 6.07) is 2.30. The summed E-state index contributed by atoms with van der Waals surface area (Å²) in [4.78, 5) is 0. The van der Waals surface area contributed by atoms with Crippen LogP contribution < -0.4 is 5.32 Å². The number of hydrogen-bond donors (Lipinski definition) is 1. The quantitative estimate of drug-likeness (QED) is 0.815. The molecule has 1 heterocycles. The average molecular weight is 263 g/mol. The second-order valence-electron chi connectivity index (χ2n) is 6.35. The van der Waals surface area contributed by atoms with Gasteiger partial charge in [0.1, 0.15) is 0 Å². The first-order valence-corrected chi connectivity index (χ1v) is 8.48. The van der Waals surface area contributed by atoms with Gasteiger partial charge in [-0.25, -0.2) is 0 Å². The lowest BCUT2D eigenvalue weighted by atomic mass is 9.69. The van der Waals surface area contributed by atoms with Gasteiger partial charge in [0, 0.05) is 6.54 Å². The van der Waals surface area contributed by atoms with E-state index in [1.807, 2.05) is 11.3 Å². The summed E-state index contributed by atoms with van der Waals surface area (Å²) in [5.41, 5.74) is 2.18. The molecular formula is C16H25NS. The van der Waals surface area contributed by atoms with E-state index in [9.17, 15) is 0 Å². The van der Waals surface area contributed by atoms with Crippen LogP contribution in [0.25, 0.3) is 0 Å². The fraction of sp³-hybridized carbons (Fsp3) is 0.750. The molecule has 0 amide bonds. The number of rotatable bonds is 6. The van der Waals surface area contributed by atoms with Crippen LogP contribution in [0.3, 0.4) is 0 Å². The van der Waals surface area contributed by atoms with E-state index in [2.05, 4.69) is 29.1 Å². The van der Waals surface area contributed by atoms with Crippen LogP contribution in [0, 0.1) is 17.3 Å². The third-order valence-electron chi connectivity index (χ3n) is 5.32. The van der Waals surface area contributed by atoms with Crippen molar-refractivity contribution in [1.29, 1.82) is 0 Å². The Bertz CT molecular complexity index is 372. The number of thiophene rings is 1. The SMILES string of the molecule is CCNCC1(CCc2ccsc2)CC2CCC1C2. The van der Waals surface area contributed by atoms with E-state index in [1.54, 1.807) is 5.56 Å². The molecule has 0 saturated heterocycles. The van der Waals surface area contributed by atoms with Gasteiger partial charge in [0.25, 0.3) is 0 Å². The van der Waals surface area contributed by atoms with Crippen molar-refractivity contribution in [1.82, 2.24) is 5.32 Å². The van der Waals surface area contributed by atoms with Crippen LogP contribution in [0.1, 0.15) is 44.6 Å². The number of hydrogen-bond acceptors (Lipinski definition) is 2. The molecule has 1 aromatic rings. The second kappa shape index (κ2) is 5.34. The van der Waals surface area contributed by atoms with E-state index in [4.69, 9.17) is 0 Å². The van der Waals surface area contributed by atoms with Gasteiger partial charge in [0.15, 0.2) is 0 Å². The Kier molecular flexibility index (Phi) is 3.76. The molecule has 3 rings (SSSR count). The summed E-state index contributed by atoms with van der Waals surface area (Å²) >= 11 is 1.84. The number of aryl methyl sites for hydroxylation is 1. The lowest BCUT2D eigenvalue weighted by Gasteiger charge is -2.38. The van der Waals surface area contributed by atoms with Crippen molar-refractivity contribution in [3.05, 3.63) is 22.4 Å². The molecule has 1 nitrogen and oxygen atoms in total. The largest absolute Gasteiger partial charge is 0.316 e. The van der Waals surface area contributed by atoms with Gasteiger partial charge in [-0.1, -0.05) is 13.3 Å². The summed E-state index contributed by atoms with van der Waals surface area (Å²) in [6.45, 7) is 4.62. The Balaban J connectivity index is 1.66. The van der Waals surface area contributed by atoms with Crippen LogP contribution in [-0.2, 0) is 6.42 Å². The number of nitrogens with one attached hydrogen (secondary N) is 1. The lowest BCUT2D eigenvalue weighted by molar-refractivity contribution is 0.144. The monoisotopic (exact) mass is 263 g/mol. The van der Waals surface area contributed by atoms with Gasteiger partial charge in [-0.2, -0.15) is 11.3 Å². The van der Waals surface area contributed by atoms with Crippen molar-refractivity contribution in [2.75, 3.05) is 13.1 Å². The minimum absolute atomic E-state index is 0.626. The topological polar surface area (TPSA) is 12.0 Å². The smallest absolute Gasteiger partial charge is 0.00106 e. The van der Waals surface area contributed by atoms with Gasteiger partial charge < -0.3 is 5.32 Å². The molecule has 2 saturated carbocycles.